The standard InChI is InChI=1S/C17H26FN3O4/c1-16(2,3)25-15(22)21-7-6-12(11(18)10-21)24-14-9-19-13(8-20-14)17(4,5)23/h8-9,11-12,23H,6-7,10H2,1-5H3/t11-,12+/m1/s1. The lowest BCUT2D eigenvalue weighted by molar-refractivity contribution is -0.0116. The fourth-order valence-corrected chi connectivity index (χ4v) is 2.36. The van der Waals surface area contributed by atoms with Gasteiger partial charge in [-0.15, -0.1) is 0 Å². The third-order valence-corrected chi connectivity index (χ3v) is 3.66. The van der Waals surface area contributed by atoms with Gasteiger partial charge in [-0.05, 0) is 34.6 Å². The van der Waals surface area contributed by atoms with Crippen LogP contribution in [0.2, 0.25) is 0 Å². The Balaban J connectivity index is 1.92. The smallest absolute Gasteiger partial charge is 0.410 e. The average molecular weight is 355 g/mol. The van der Waals surface area contributed by atoms with Crippen LogP contribution in [-0.4, -0.2) is 57.0 Å². The molecular formula is C17H26FN3O4. The monoisotopic (exact) mass is 355 g/mol. The number of hydrogen-bond acceptors (Lipinski definition) is 6. The van der Waals surface area contributed by atoms with E-state index >= 15 is 0 Å². The number of aliphatic hydroxyl groups is 1. The molecule has 0 unspecified atom stereocenters. The van der Waals surface area contributed by atoms with E-state index in [0.717, 1.165) is 0 Å². The molecule has 1 amide bonds. The Morgan fingerprint density at radius 3 is 2.44 bits per heavy atom. The molecule has 1 saturated heterocycles. The Labute approximate surface area is 147 Å². The molecule has 2 rings (SSSR count). The summed E-state index contributed by atoms with van der Waals surface area (Å²) in [4.78, 5) is 21.5. The SMILES string of the molecule is CC(C)(C)OC(=O)N1CC[C@H](Oc2cnc(C(C)(C)O)cn2)[C@H](F)C1. The number of nitrogens with zero attached hydrogens (tertiary/aromatic N) is 3. The predicted octanol–water partition coefficient (Wildman–Crippen LogP) is 2.43. The van der Waals surface area contributed by atoms with Crippen molar-refractivity contribution < 1.29 is 23.8 Å². The Hall–Kier alpha value is -1.96. The van der Waals surface area contributed by atoms with Gasteiger partial charge in [0.05, 0.1) is 24.6 Å². The number of piperidine rings is 1. The zero-order valence-electron chi connectivity index (χ0n) is 15.3. The molecule has 0 aromatic carbocycles. The molecule has 1 aliphatic heterocycles. The van der Waals surface area contributed by atoms with Crippen LogP contribution in [0.4, 0.5) is 9.18 Å². The van der Waals surface area contributed by atoms with Gasteiger partial charge in [0, 0.05) is 13.0 Å². The number of carbonyl (C=O) groups is 1. The molecule has 25 heavy (non-hydrogen) atoms. The van der Waals surface area contributed by atoms with E-state index in [4.69, 9.17) is 9.47 Å². The highest BCUT2D eigenvalue weighted by Crippen LogP contribution is 2.22. The van der Waals surface area contributed by atoms with Gasteiger partial charge in [-0.1, -0.05) is 0 Å². The van der Waals surface area contributed by atoms with Gasteiger partial charge in [0.2, 0.25) is 5.88 Å². The van der Waals surface area contributed by atoms with Crippen LogP contribution in [0.15, 0.2) is 12.4 Å². The molecule has 1 fully saturated rings. The van der Waals surface area contributed by atoms with Crippen molar-refractivity contribution in [2.45, 2.75) is 64.5 Å². The highest BCUT2D eigenvalue weighted by atomic mass is 19.1. The number of carbonyl (C=O) groups excluding carboxylic acids is 1. The summed E-state index contributed by atoms with van der Waals surface area (Å²) in [5.74, 6) is 0.186. The van der Waals surface area contributed by atoms with E-state index in [1.807, 2.05) is 0 Å². The minimum absolute atomic E-state index is 0.0885. The molecule has 2 heterocycles. The molecule has 1 aromatic heterocycles. The maximum absolute atomic E-state index is 14.4. The molecule has 0 radical (unpaired) electrons. The van der Waals surface area contributed by atoms with Crippen LogP contribution < -0.4 is 4.74 Å². The first-order valence-corrected chi connectivity index (χ1v) is 8.29. The van der Waals surface area contributed by atoms with Gasteiger partial charge in [-0.3, -0.25) is 4.98 Å². The Bertz CT molecular complexity index is 595. The number of amides is 1. The van der Waals surface area contributed by atoms with Crippen molar-refractivity contribution in [3.05, 3.63) is 18.1 Å². The normalized spacial score (nSPS) is 21.8. The Morgan fingerprint density at radius 1 is 1.28 bits per heavy atom. The maximum atomic E-state index is 14.4. The molecule has 1 aromatic rings. The van der Waals surface area contributed by atoms with Gasteiger partial charge in [0.15, 0.2) is 6.17 Å². The van der Waals surface area contributed by atoms with Crippen molar-refractivity contribution in [1.82, 2.24) is 14.9 Å². The highest BCUT2D eigenvalue weighted by Gasteiger charge is 2.35. The maximum Gasteiger partial charge on any atom is 0.410 e. The number of hydrogen-bond donors (Lipinski definition) is 1. The summed E-state index contributed by atoms with van der Waals surface area (Å²) >= 11 is 0. The molecule has 7 nitrogen and oxygen atoms in total. The number of halogens is 1. The first-order valence-electron chi connectivity index (χ1n) is 8.29. The largest absolute Gasteiger partial charge is 0.470 e. The summed E-state index contributed by atoms with van der Waals surface area (Å²) in [5, 5.41) is 9.85. The molecule has 0 spiro atoms. The second-order valence-corrected chi connectivity index (χ2v) is 7.69. The summed E-state index contributed by atoms with van der Waals surface area (Å²) in [6.07, 6.45) is 0.509. The van der Waals surface area contributed by atoms with Crippen molar-refractivity contribution in [3.63, 3.8) is 0 Å². The lowest BCUT2D eigenvalue weighted by atomic mass is 10.1. The number of rotatable bonds is 3. The Kier molecular flexibility index (Phi) is 5.51. The van der Waals surface area contributed by atoms with Crippen molar-refractivity contribution in [2.75, 3.05) is 13.1 Å². The molecular weight excluding hydrogens is 329 g/mol. The van der Waals surface area contributed by atoms with Crippen LogP contribution in [0.5, 0.6) is 5.88 Å². The van der Waals surface area contributed by atoms with Crippen molar-refractivity contribution in [3.8, 4) is 5.88 Å². The number of likely N-dealkylation sites (tertiary alicyclic amines) is 1. The van der Waals surface area contributed by atoms with Crippen LogP contribution in [0.3, 0.4) is 0 Å². The molecule has 2 atom stereocenters. The van der Waals surface area contributed by atoms with E-state index in [0.29, 0.717) is 18.7 Å². The van der Waals surface area contributed by atoms with E-state index in [2.05, 4.69) is 9.97 Å². The van der Waals surface area contributed by atoms with Crippen molar-refractivity contribution in [2.24, 2.45) is 0 Å². The highest BCUT2D eigenvalue weighted by molar-refractivity contribution is 5.68. The van der Waals surface area contributed by atoms with E-state index < -0.39 is 29.6 Å². The van der Waals surface area contributed by atoms with Crippen LogP contribution >= 0.6 is 0 Å². The van der Waals surface area contributed by atoms with E-state index in [1.54, 1.807) is 34.6 Å². The fourth-order valence-electron chi connectivity index (χ4n) is 2.36. The van der Waals surface area contributed by atoms with Gasteiger partial charge < -0.3 is 19.5 Å². The van der Waals surface area contributed by atoms with Gasteiger partial charge in [-0.2, -0.15) is 0 Å². The minimum atomic E-state index is -1.35. The minimum Gasteiger partial charge on any atom is -0.470 e. The van der Waals surface area contributed by atoms with Crippen LogP contribution in [0.1, 0.15) is 46.7 Å². The second kappa shape index (κ2) is 7.11. The van der Waals surface area contributed by atoms with Gasteiger partial charge in [0.1, 0.15) is 17.3 Å². The first-order chi connectivity index (χ1) is 11.5. The average Bonchev–Trinajstić information content (AvgIpc) is 2.47. The number of alkyl halides is 1. The van der Waals surface area contributed by atoms with Crippen LogP contribution in [0, 0.1) is 0 Å². The van der Waals surface area contributed by atoms with E-state index in [-0.39, 0.29) is 12.4 Å². The summed E-state index contributed by atoms with van der Waals surface area (Å²) in [7, 11) is 0. The van der Waals surface area contributed by atoms with Crippen molar-refractivity contribution in [1.29, 1.82) is 0 Å². The molecule has 140 valence electrons. The Morgan fingerprint density at radius 2 is 1.96 bits per heavy atom. The second-order valence-electron chi connectivity index (χ2n) is 7.69. The lowest BCUT2D eigenvalue weighted by Crippen LogP contribution is -2.50. The van der Waals surface area contributed by atoms with E-state index in [9.17, 15) is 14.3 Å². The van der Waals surface area contributed by atoms with Gasteiger partial charge in [-0.25, -0.2) is 14.2 Å². The summed E-state index contributed by atoms with van der Waals surface area (Å²) in [6, 6.07) is 0. The van der Waals surface area contributed by atoms with E-state index in [1.165, 1.54) is 17.3 Å². The third-order valence-electron chi connectivity index (χ3n) is 3.66. The molecule has 0 bridgehead atoms. The summed E-state index contributed by atoms with van der Waals surface area (Å²) < 4.78 is 25.2. The lowest BCUT2D eigenvalue weighted by Gasteiger charge is -2.35. The molecule has 0 aliphatic carbocycles. The van der Waals surface area contributed by atoms with Gasteiger partial charge in [0.25, 0.3) is 0 Å². The molecule has 0 saturated carbocycles. The zero-order chi connectivity index (χ0) is 18.8. The van der Waals surface area contributed by atoms with Gasteiger partial charge >= 0.3 is 6.09 Å². The molecule has 1 aliphatic rings. The fraction of sp³-hybridized carbons (Fsp3) is 0.706. The number of ether oxygens (including phenoxy) is 2. The molecule has 8 heteroatoms. The predicted molar refractivity (Wildman–Crippen MR) is 89.0 cm³/mol. The van der Waals surface area contributed by atoms with Crippen LogP contribution in [-0.2, 0) is 10.3 Å². The quantitative estimate of drug-likeness (QED) is 0.896. The summed E-state index contributed by atoms with van der Waals surface area (Å²) in [6.45, 7) is 8.75. The van der Waals surface area contributed by atoms with Crippen molar-refractivity contribution >= 4 is 6.09 Å². The van der Waals surface area contributed by atoms with Crippen LogP contribution in [0.25, 0.3) is 0 Å². The molecule has 1 N–H and O–H groups in total. The number of aromatic nitrogens is 2. The first kappa shape index (κ1) is 19.4. The third kappa shape index (κ3) is 5.52. The topological polar surface area (TPSA) is 84.8 Å². The zero-order valence-corrected chi connectivity index (χ0v) is 15.3. The summed E-state index contributed by atoms with van der Waals surface area (Å²) in [5.41, 5.74) is -1.32.